The number of methoxy groups -OCH3 is 2. The number of carboxylic acid groups (broad SMARTS) is 1. The molecule has 0 radical (unpaired) electrons. The quantitative estimate of drug-likeness (QED) is 0.715. The molecule has 2 aromatic rings. The number of aliphatic carboxylic acids is 1. The van der Waals surface area contributed by atoms with Crippen LogP contribution in [0.1, 0.15) is 29.3 Å². The number of ether oxygens (including phenoxy) is 2. The van der Waals surface area contributed by atoms with E-state index < -0.39 is 12.0 Å². The van der Waals surface area contributed by atoms with Gasteiger partial charge in [-0.2, -0.15) is 0 Å². The number of aryl methyl sites for hydroxylation is 1. The molecule has 25 heavy (non-hydrogen) atoms. The van der Waals surface area contributed by atoms with Crippen LogP contribution in [0, 0.1) is 0 Å². The Labute approximate surface area is 150 Å². The van der Waals surface area contributed by atoms with Crippen LogP contribution < -0.4 is 14.8 Å². The molecule has 2 N–H and O–H groups in total. The number of amides is 1. The lowest BCUT2D eigenvalue weighted by atomic mass is 10.0. The predicted octanol–water partition coefficient (Wildman–Crippen LogP) is 3.03. The van der Waals surface area contributed by atoms with E-state index in [1.807, 2.05) is 17.5 Å². The van der Waals surface area contributed by atoms with E-state index in [1.54, 1.807) is 29.5 Å². The maximum Gasteiger partial charge on any atom is 0.305 e. The molecule has 1 heterocycles. The van der Waals surface area contributed by atoms with E-state index in [9.17, 15) is 9.59 Å². The van der Waals surface area contributed by atoms with Crippen LogP contribution >= 0.6 is 11.3 Å². The molecule has 0 aliphatic heterocycles. The number of carbonyl (C=O) groups excluding carboxylic acids is 1. The Bertz CT molecular complexity index is 714. The maximum absolute atomic E-state index is 12.2. The Morgan fingerprint density at radius 1 is 1.20 bits per heavy atom. The van der Waals surface area contributed by atoms with Gasteiger partial charge in [0.15, 0.2) is 11.5 Å². The van der Waals surface area contributed by atoms with Crippen molar-refractivity contribution in [2.45, 2.75) is 25.3 Å². The summed E-state index contributed by atoms with van der Waals surface area (Å²) in [6, 6.07) is 8.39. The largest absolute Gasteiger partial charge is 0.493 e. The molecule has 0 spiro atoms. The third-order valence-electron chi connectivity index (χ3n) is 3.70. The van der Waals surface area contributed by atoms with Crippen molar-refractivity contribution in [3.8, 4) is 11.5 Å². The Morgan fingerprint density at radius 2 is 1.96 bits per heavy atom. The first-order valence-electron chi connectivity index (χ1n) is 7.79. The predicted molar refractivity (Wildman–Crippen MR) is 95.3 cm³/mol. The van der Waals surface area contributed by atoms with Crippen molar-refractivity contribution in [2.75, 3.05) is 14.2 Å². The standard InChI is InChI=1S/C18H21NO5S/c1-23-15-7-5-12(10-16(15)24-2)14(11-18(21)22)19-17(20)8-6-13-4-3-9-25-13/h3-5,7,9-10,14H,6,8,11H2,1-2H3,(H,19,20)(H,21,22)/t14-/m0/s1. The zero-order valence-electron chi connectivity index (χ0n) is 14.2. The Morgan fingerprint density at radius 3 is 2.56 bits per heavy atom. The highest BCUT2D eigenvalue weighted by Gasteiger charge is 2.20. The second kappa shape index (κ2) is 9.08. The lowest BCUT2D eigenvalue weighted by Gasteiger charge is -2.19. The van der Waals surface area contributed by atoms with Crippen LogP contribution in [0.3, 0.4) is 0 Å². The van der Waals surface area contributed by atoms with E-state index in [-0.39, 0.29) is 12.3 Å². The van der Waals surface area contributed by atoms with E-state index in [2.05, 4.69) is 5.32 Å². The van der Waals surface area contributed by atoms with Crippen LogP contribution in [-0.2, 0) is 16.0 Å². The van der Waals surface area contributed by atoms with Gasteiger partial charge in [-0.25, -0.2) is 0 Å². The zero-order valence-corrected chi connectivity index (χ0v) is 15.0. The molecule has 0 aliphatic carbocycles. The fourth-order valence-electron chi connectivity index (χ4n) is 2.45. The number of rotatable bonds is 9. The highest BCUT2D eigenvalue weighted by molar-refractivity contribution is 7.09. The summed E-state index contributed by atoms with van der Waals surface area (Å²) in [6.45, 7) is 0. The minimum atomic E-state index is -0.988. The first kappa shape index (κ1) is 18.8. The van der Waals surface area contributed by atoms with Gasteiger partial charge in [-0.15, -0.1) is 11.3 Å². The second-order valence-electron chi connectivity index (χ2n) is 5.41. The number of benzene rings is 1. The van der Waals surface area contributed by atoms with Crippen LogP contribution in [0.5, 0.6) is 11.5 Å². The number of carbonyl (C=O) groups is 2. The molecular formula is C18H21NO5S. The van der Waals surface area contributed by atoms with Crippen LogP contribution in [0.4, 0.5) is 0 Å². The minimum Gasteiger partial charge on any atom is -0.493 e. The summed E-state index contributed by atoms with van der Waals surface area (Å²) in [7, 11) is 3.03. The average Bonchev–Trinajstić information content (AvgIpc) is 3.12. The first-order chi connectivity index (χ1) is 12.0. The summed E-state index contributed by atoms with van der Waals surface area (Å²) in [6.07, 6.45) is 0.735. The molecule has 0 saturated heterocycles. The summed E-state index contributed by atoms with van der Waals surface area (Å²) in [5.41, 5.74) is 0.657. The van der Waals surface area contributed by atoms with E-state index >= 15 is 0 Å². The van der Waals surface area contributed by atoms with Crippen LogP contribution in [0.15, 0.2) is 35.7 Å². The van der Waals surface area contributed by atoms with E-state index in [1.165, 1.54) is 14.2 Å². The lowest BCUT2D eigenvalue weighted by Crippen LogP contribution is -2.30. The summed E-state index contributed by atoms with van der Waals surface area (Å²) >= 11 is 1.60. The van der Waals surface area contributed by atoms with Gasteiger partial charge in [-0.1, -0.05) is 12.1 Å². The van der Waals surface area contributed by atoms with E-state index in [4.69, 9.17) is 14.6 Å². The number of hydrogen-bond donors (Lipinski definition) is 2. The monoisotopic (exact) mass is 363 g/mol. The molecule has 0 aliphatic rings. The second-order valence-corrected chi connectivity index (χ2v) is 6.44. The molecule has 0 unspecified atom stereocenters. The highest BCUT2D eigenvalue weighted by Crippen LogP contribution is 2.31. The lowest BCUT2D eigenvalue weighted by molar-refractivity contribution is -0.137. The zero-order chi connectivity index (χ0) is 18.2. The van der Waals surface area contributed by atoms with Crippen molar-refractivity contribution in [1.29, 1.82) is 0 Å². The number of hydrogen-bond acceptors (Lipinski definition) is 5. The fourth-order valence-corrected chi connectivity index (χ4v) is 3.16. The van der Waals surface area contributed by atoms with Crippen LogP contribution in [0.2, 0.25) is 0 Å². The third-order valence-corrected chi connectivity index (χ3v) is 4.64. The topological polar surface area (TPSA) is 84.9 Å². The van der Waals surface area contributed by atoms with Gasteiger partial charge in [0.2, 0.25) is 5.91 Å². The normalized spacial score (nSPS) is 11.6. The molecule has 2 rings (SSSR count). The molecule has 0 fully saturated rings. The molecule has 1 amide bonds. The van der Waals surface area contributed by atoms with Crippen molar-refractivity contribution in [1.82, 2.24) is 5.32 Å². The molecule has 0 bridgehead atoms. The van der Waals surface area contributed by atoms with Crippen molar-refractivity contribution in [3.05, 3.63) is 46.2 Å². The van der Waals surface area contributed by atoms with Gasteiger partial charge < -0.3 is 19.9 Å². The summed E-state index contributed by atoms with van der Waals surface area (Å²) in [4.78, 5) is 24.5. The molecule has 1 aromatic heterocycles. The molecular weight excluding hydrogens is 342 g/mol. The minimum absolute atomic E-state index is 0.186. The van der Waals surface area contributed by atoms with Gasteiger partial charge >= 0.3 is 5.97 Å². The smallest absolute Gasteiger partial charge is 0.305 e. The Balaban J connectivity index is 2.09. The highest BCUT2D eigenvalue weighted by atomic mass is 32.1. The average molecular weight is 363 g/mol. The third kappa shape index (κ3) is 5.49. The number of carboxylic acids is 1. The van der Waals surface area contributed by atoms with E-state index in [0.717, 1.165) is 4.88 Å². The number of thiophene rings is 1. The molecule has 0 saturated carbocycles. The molecule has 1 atom stereocenters. The van der Waals surface area contributed by atoms with Gasteiger partial charge in [0.05, 0.1) is 26.7 Å². The van der Waals surface area contributed by atoms with Gasteiger partial charge in [0.1, 0.15) is 0 Å². The van der Waals surface area contributed by atoms with Crippen molar-refractivity contribution >= 4 is 23.2 Å². The Hall–Kier alpha value is -2.54. The van der Waals surface area contributed by atoms with Crippen molar-refractivity contribution in [2.24, 2.45) is 0 Å². The molecule has 6 nitrogen and oxygen atoms in total. The first-order valence-corrected chi connectivity index (χ1v) is 8.67. The van der Waals surface area contributed by atoms with Gasteiger partial charge in [0, 0.05) is 11.3 Å². The van der Waals surface area contributed by atoms with Gasteiger partial charge in [-0.3, -0.25) is 9.59 Å². The van der Waals surface area contributed by atoms with Gasteiger partial charge in [-0.05, 0) is 35.6 Å². The SMILES string of the molecule is COc1ccc([C@H](CC(=O)O)NC(=O)CCc2cccs2)cc1OC. The fraction of sp³-hybridized carbons (Fsp3) is 0.333. The van der Waals surface area contributed by atoms with Gasteiger partial charge in [0.25, 0.3) is 0 Å². The van der Waals surface area contributed by atoms with Crippen molar-refractivity contribution < 1.29 is 24.2 Å². The van der Waals surface area contributed by atoms with Crippen molar-refractivity contribution in [3.63, 3.8) is 0 Å². The van der Waals surface area contributed by atoms with Crippen LogP contribution in [0.25, 0.3) is 0 Å². The van der Waals surface area contributed by atoms with Crippen LogP contribution in [-0.4, -0.2) is 31.2 Å². The maximum atomic E-state index is 12.2. The molecule has 134 valence electrons. The summed E-state index contributed by atoms with van der Waals surface area (Å²) in [5, 5.41) is 13.9. The number of nitrogens with one attached hydrogen (secondary N) is 1. The molecule has 1 aromatic carbocycles. The molecule has 7 heteroatoms. The summed E-state index contributed by atoms with van der Waals surface area (Å²) in [5.74, 6) is -0.139. The Kier molecular flexibility index (Phi) is 6.82. The summed E-state index contributed by atoms with van der Waals surface area (Å²) < 4.78 is 10.4. The van der Waals surface area contributed by atoms with E-state index in [0.29, 0.717) is 29.9 Å².